The molecule has 24 heavy (non-hydrogen) atoms. The van der Waals surface area contributed by atoms with E-state index in [0.29, 0.717) is 16.7 Å². The van der Waals surface area contributed by atoms with Crippen LogP contribution < -0.4 is 5.73 Å². The van der Waals surface area contributed by atoms with Crippen molar-refractivity contribution in [3.63, 3.8) is 0 Å². The second kappa shape index (κ2) is 6.91. The Balaban J connectivity index is 1.81. The molecule has 1 heterocycles. The molecule has 0 amide bonds. The van der Waals surface area contributed by atoms with E-state index in [1.165, 1.54) is 6.07 Å². The molecule has 0 fully saturated rings. The van der Waals surface area contributed by atoms with Crippen LogP contribution in [0, 0.1) is 12.7 Å². The minimum Gasteiger partial charge on any atom is -0.386 e. The van der Waals surface area contributed by atoms with Crippen LogP contribution in [0.1, 0.15) is 28.8 Å². The molecule has 1 aromatic heterocycles. The molecule has 0 saturated heterocycles. The van der Waals surface area contributed by atoms with Crippen molar-refractivity contribution >= 4 is 0 Å². The first-order valence-corrected chi connectivity index (χ1v) is 7.76. The number of benzene rings is 2. The topological polar surface area (TPSA) is 59.1 Å². The van der Waals surface area contributed by atoms with Crippen molar-refractivity contribution in [2.45, 2.75) is 19.1 Å². The molecule has 2 atom stereocenters. The smallest absolute Gasteiger partial charge is 0.126 e. The Morgan fingerprint density at radius 3 is 2.33 bits per heavy atom. The molecule has 122 valence electrons. The number of aliphatic hydroxyl groups excluding tert-OH is 1. The molecule has 4 heteroatoms. The maximum absolute atomic E-state index is 13.7. The highest BCUT2D eigenvalue weighted by Crippen LogP contribution is 2.29. The van der Waals surface area contributed by atoms with Crippen molar-refractivity contribution in [3.8, 4) is 11.1 Å². The molecular formula is C20H19FN2O. The van der Waals surface area contributed by atoms with E-state index in [1.807, 2.05) is 36.4 Å². The molecule has 0 aliphatic carbocycles. The zero-order valence-corrected chi connectivity index (χ0v) is 13.4. The molecule has 3 aromatic rings. The summed E-state index contributed by atoms with van der Waals surface area (Å²) in [5.74, 6) is -0.318. The third-order valence-electron chi connectivity index (χ3n) is 4.17. The second-order valence-corrected chi connectivity index (χ2v) is 5.84. The van der Waals surface area contributed by atoms with Gasteiger partial charge in [0.15, 0.2) is 0 Å². The van der Waals surface area contributed by atoms with Crippen molar-refractivity contribution in [2.75, 3.05) is 0 Å². The summed E-state index contributed by atoms with van der Waals surface area (Å²) < 4.78 is 13.7. The summed E-state index contributed by atoms with van der Waals surface area (Å²) in [4.78, 5) is 4.10. The lowest BCUT2D eigenvalue weighted by molar-refractivity contribution is 0.147. The minimum atomic E-state index is -0.907. The molecular weight excluding hydrogens is 303 g/mol. The number of aliphatic hydroxyl groups is 1. The van der Waals surface area contributed by atoms with E-state index >= 15 is 0 Å². The number of pyridine rings is 1. The van der Waals surface area contributed by atoms with Gasteiger partial charge < -0.3 is 10.8 Å². The Labute approximate surface area is 140 Å². The Bertz CT molecular complexity index is 819. The van der Waals surface area contributed by atoms with E-state index in [0.717, 1.165) is 11.1 Å². The maximum Gasteiger partial charge on any atom is 0.126 e. The SMILES string of the molecule is Cc1ccc(C(N)C(O)c2ccc(-c3cccnc3)cc2)cc1F. The van der Waals surface area contributed by atoms with Crippen LogP contribution in [-0.4, -0.2) is 10.1 Å². The summed E-state index contributed by atoms with van der Waals surface area (Å²) in [6, 6.07) is 15.4. The summed E-state index contributed by atoms with van der Waals surface area (Å²) in [5, 5.41) is 10.5. The molecule has 0 aliphatic heterocycles. The molecule has 3 N–H and O–H groups in total. The number of nitrogens with two attached hydrogens (primary N) is 1. The number of rotatable bonds is 4. The van der Waals surface area contributed by atoms with E-state index in [9.17, 15) is 9.50 Å². The highest BCUT2D eigenvalue weighted by molar-refractivity contribution is 5.62. The number of aromatic nitrogens is 1. The minimum absolute atomic E-state index is 0.318. The van der Waals surface area contributed by atoms with E-state index in [4.69, 9.17) is 5.73 Å². The van der Waals surface area contributed by atoms with Gasteiger partial charge in [-0.1, -0.05) is 42.5 Å². The third-order valence-corrected chi connectivity index (χ3v) is 4.17. The molecule has 2 aromatic carbocycles. The Kier molecular flexibility index (Phi) is 4.69. The van der Waals surface area contributed by atoms with Gasteiger partial charge in [-0.2, -0.15) is 0 Å². The van der Waals surface area contributed by atoms with Gasteiger partial charge >= 0.3 is 0 Å². The quantitative estimate of drug-likeness (QED) is 0.765. The number of hydrogen-bond donors (Lipinski definition) is 2. The summed E-state index contributed by atoms with van der Waals surface area (Å²) >= 11 is 0. The molecule has 3 nitrogen and oxygen atoms in total. The number of aryl methyl sites for hydroxylation is 1. The van der Waals surface area contributed by atoms with Gasteiger partial charge in [-0.15, -0.1) is 0 Å². The molecule has 2 unspecified atom stereocenters. The molecule has 0 bridgehead atoms. The van der Waals surface area contributed by atoms with Crippen LogP contribution in [0.4, 0.5) is 4.39 Å². The van der Waals surface area contributed by atoms with Gasteiger partial charge in [-0.25, -0.2) is 4.39 Å². The summed E-state index contributed by atoms with van der Waals surface area (Å²) in [7, 11) is 0. The number of hydrogen-bond acceptors (Lipinski definition) is 3. The predicted octanol–water partition coefficient (Wildman–Crippen LogP) is 3.93. The van der Waals surface area contributed by atoms with Gasteiger partial charge in [0.05, 0.1) is 12.1 Å². The monoisotopic (exact) mass is 322 g/mol. The van der Waals surface area contributed by atoms with Crippen molar-refractivity contribution < 1.29 is 9.50 Å². The van der Waals surface area contributed by atoms with Gasteiger partial charge in [0.1, 0.15) is 5.82 Å². The number of nitrogens with zero attached hydrogens (tertiary/aromatic N) is 1. The first kappa shape index (κ1) is 16.3. The molecule has 0 aliphatic rings. The molecule has 0 spiro atoms. The largest absolute Gasteiger partial charge is 0.386 e. The van der Waals surface area contributed by atoms with Gasteiger partial charge in [0, 0.05) is 12.4 Å². The molecule has 3 rings (SSSR count). The predicted molar refractivity (Wildman–Crippen MR) is 92.7 cm³/mol. The highest BCUT2D eigenvalue weighted by atomic mass is 19.1. The summed E-state index contributed by atoms with van der Waals surface area (Å²) in [6.07, 6.45) is 2.60. The fraction of sp³-hybridized carbons (Fsp3) is 0.150. The van der Waals surface area contributed by atoms with Crippen LogP contribution in [0.2, 0.25) is 0 Å². The fourth-order valence-corrected chi connectivity index (χ4v) is 2.61. The maximum atomic E-state index is 13.7. The van der Waals surface area contributed by atoms with Crippen molar-refractivity contribution in [3.05, 3.63) is 89.5 Å². The lowest BCUT2D eigenvalue weighted by atomic mass is 9.94. The average molecular weight is 322 g/mol. The van der Waals surface area contributed by atoms with Crippen LogP contribution in [0.25, 0.3) is 11.1 Å². The van der Waals surface area contributed by atoms with Crippen LogP contribution in [0.3, 0.4) is 0 Å². The first-order valence-electron chi connectivity index (χ1n) is 7.76. The van der Waals surface area contributed by atoms with Gasteiger partial charge in [0.2, 0.25) is 0 Å². The summed E-state index contributed by atoms with van der Waals surface area (Å²) in [5.41, 5.74) is 9.94. The molecule has 0 radical (unpaired) electrons. The van der Waals surface area contributed by atoms with Crippen LogP contribution in [0.15, 0.2) is 67.0 Å². The first-order chi connectivity index (χ1) is 11.6. The lowest BCUT2D eigenvalue weighted by Crippen LogP contribution is -2.19. The second-order valence-electron chi connectivity index (χ2n) is 5.84. The lowest BCUT2D eigenvalue weighted by Gasteiger charge is -2.20. The average Bonchev–Trinajstić information content (AvgIpc) is 2.63. The van der Waals surface area contributed by atoms with Crippen molar-refractivity contribution in [1.82, 2.24) is 4.98 Å². The zero-order valence-electron chi connectivity index (χ0n) is 13.4. The van der Waals surface area contributed by atoms with Gasteiger partial charge in [0.25, 0.3) is 0 Å². The summed E-state index contributed by atoms with van der Waals surface area (Å²) in [6.45, 7) is 1.69. The van der Waals surface area contributed by atoms with E-state index in [2.05, 4.69) is 4.98 Å². The number of halogens is 1. The Hall–Kier alpha value is -2.56. The molecule has 0 saturated carbocycles. The van der Waals surface area contributed by atoms with Crippen molar-refractivity contribution in [2.24, 2.45) is 5.73 Å². The van der Waals surface area contributed by atoms with Gasteiger partial charge in [-0.3, -0.25) is 4.98 Å². The Morgan fingerprint density at radius 2 is 1.71 bits per heavy atom. The third kappa shape index (κ3) is 3.35. The van der Waals surface area contributed by atoms with Crippen LogP contribution in [0.5, 0.6) is 0 Å². The normalized spacial score (nSPS) is 13.5. The highest BCUT2D eigenvalue weighted by Gasteiger charge is 2.19. The van der Waals surface area contributed by atoms with E-state index in [-0.39, 0.29) is 5.82 Å². The fourth-order valence-electron chi connectivity index (χ4n) is 2.61. The van der Waals surface area contributed by atoms with E-state index in [1.54, 1.807) is 31.5 Å². The van der Waals surface area contributed by atoms with Crippen LogP contribution in [-0.2, 0) is 0 Å². The Morgan fingerprint density at radius 1 is 1.00 bits per heavy atom. The zero-order chi connectivity index (χ0) is 17.1. The standard InChI is InChI=1S/C20H19FN2O/c1-13-4-5-16(11-18(13)21)19(22)20(24)15-8-6-14(7-9-15)17-3-2-10-23-12-17/h2-12,19-20,24H,22H2,1H3. The van der Waals surface area contributed by atoms with Crippen LogP contribution >= 0.6 is 0 Å². The van der Waals surface area contributed by atoms with Gasteiger partial charge in [-0.05, 0) is 46.9 Å². The van der Waals surface area contributed by atoms with Crippen molar-refractivity contribution in [1.29, 1.82) is 0 Å². The van der Waals surface area contributed by atoms with E-state index < -0.39 is 12.1 Å².